The van der Waals surface area contributed by atoms with Gasteiger partial charge in [-0.3, -0.25) is 4.31 Å². The van der Waals surface area contributed by atoms with Crippen LogP contribution < -0.4 is 9.47 Å². The number of alkyl halides is 1. The molecule has 2 aliphatic heterocycles. The average molecular weight is 331 g/mol. The van der Waals surface area contributed by atoms with Crippen molar-refractivity contribution >= 4 is 40.9 Å². The van der Waals surface area contributed by atoms with Crippen LogP contribution in [0.15, 0.2) is 33.9 Å². The number of hydrogen-bond acceptors (Lipinski definition) is 5. The van der Waals surface area contributed by atoms with Crippen LogP contribution in [0.25, 0.3) is 0 Å². The molecule has 2 heterocycles. The quantitative estimate of drug-likeness (QED) is 0.469. The molecule has 0 aromatic heterocycles. The van der Waals surface area contributed by atoms with E-state index >= 15 is 0 Å². The predicted molar refractivity (Wildman–Crippen MR) is 82.7 cm³/mol. The number of ether oxygens (including phenoxy) is 2. The number of halogens is 2. The Labute approximate surface area is 131 Å². The molecular weight excluding hydrogens is 319 g/mol. The van der Waals surface area contributed by atoms with Gasteiger partial charge in [0.2, 0.25) is 12.4 Å². The van der Waals surface area contributed by atoms with E-state index in [1.54, 1.807) is 4.31 Å². The molecule has 20 heavy (non-hydrogen) atoms. The van der Waals surface area contributed by atoms with E-state index in [1.165, 1.54) is 11.9 Å². The second-order valence-corrected chi connectivity index (χ2v) is 5.79. The van der Waals surface area contributed by atoms with Gasteiger partial charge in [0.05, 0.1) is 5.71 Å². The number of rotatable bonds is 2. The van der Waals surface area contributed by atoms with Gasteiger partial charge in [0, 0.05) is 17.4 Å². The molecule has 1 aromatic rings. The fourth-order valence-electron chi connectivity index (χ4n) is 2.11. The van der Waals surface area contributed by atoms with Gasteiger partial charge in [-0.05, 0) is 37.1 Å². The monoisotopic (exact) mass is 330 g/mol. The highest BCUT2D eigenvalue weighted by molar-refractivity contribution is 7.96. The molecule has 0 N–H and O–H groups in total. The number of allylic oxidation sites excluding steroid dienone is 1. The zero-order valence-electron chi connectivity index (χ0n) is 10.9. The highest BCUT2D eigenvalue weighted by Crippen LogP contribution is 2.37. The third-order valence-electron chi connectivity index (χ3n) is 3.13. The topological polar surface area (TPSA) is 34.1 Å². The summed E-state index contributed by atoms with van der Waals surface area (Å²) in [5.74, 6) is 1.46. The van der Waals surface area contributed by atoms with Crippen molar-refractivity contribution in [3.05, 3.63) is 34.5 Å². The van der Waals surface area contributed by atoms with E-state index in [4.69, 9.17) is 32.7 Å². The molecule has 0 aliphatic carbocycles. The Hall–Kier alpha value is -1.04. The van der Waals surface area contributed by atoms with Crippen molar-refractivity contribution in [3.63, 3.8) is 0 Å². The molecule has 1 aromatic carbocycles. The van der Waals surface area contributed by atoms with Gasteiger partial charge in [0.25, 0.3) is 0 Å². The van der Waals surface area contributed by atoms with Crippen LogP contribution in [0, 0.1) is 0 Å². The van der Waals surface area contributed by atoms with Crippen molar-refractivity contribution < 1.29 is 9.47 Å². The number of fused-ring (bicyclic) bond motifs is 1. The van der Waals surface area contributed by atoms with Gasteiger partial charge < -0.3 is 9.47 Å². The zero-order valence-corrected chi connectivity index (χ0v) is 13.2. The first-order valence-electron chi connectivity index (χ1n) is 5.94. The Morgan fingerprint density at radius 3 is 2.85 bits per heavy atom. The summed E-state index contributed by atoms with van der Waals surface area (Å²) in [5.41, 5.74) is 2.05. The predicted octanol–water partition coefficient (Wildman–Crippen LogP) is 3.79. The van der Waals surface area contributed by atoms with Crippen molar-refractivity contribution in [2.75, 3.05) is 13.0 Å². The highest BCUT2D eigenvalue weighted by Gasteiger charge is 2.27. The first kappa shape index (κ1) is 13.9. The van der Waals surface area contributed by atoms with Crippen LogP contribution in [0.5, 0.6) is 11.5 Å². The maximum atomic E-state index is 6.35. The van der Waals surface area contributed by atoms with Crippen LogP contribution in [0.2, 0.25) is 0 Å². The number of nitrogens with zero attached hydrogens (tertiary/aromatic N) is 2. The fraction of sp³-hybridized carbons (Fsp3) is 0.308. The lowest BCUT2D eigenvalue weighted by Gasteiger charge is -2.29. The molecule has 0 radical (unpaired) electrons. The largest absolute Gasteiger partial charge is 0.454 e. The van der Waals surface area contributed by atoms with Crippen molar-refractivity contribution in [1.82, 2.24) is 4.31 Å². The van der Waals surface area contributed by atoms with Crippen LogP contribution in [-0.4, -0.2) is 28.7 Å². The molecule has 1 atom stereocenters. The maximum absolute atomic E-state index is 6.35. The van der Waals surface area contributed by atoms with Gasteiger partial charge in [-0.15, -0.1) is 0 Å². The summed E-state index contributed by atoms with van der Waals surface area (Å²) in [5, 5.41) is 0.597. The lowest BCUT2D eigenvalue weighted by atomic mass is 10.0. The molecule has 4 nitrogen and oxygen atoms in total. The molecule has 0 bridgehead atoms. The lowest BCUT2D eigenvalue weighted by molar-refractivity contribution is 0.174. The Balaban J connectivity index is 2.02. The second-order valence-electron chi connectivity index (χ2n) is 4.28. The number of aliphatic imine (C=N–C) groups is 1. The molecular formula is C13H12Cl2N2O2S. The molecule has 1 unspecified atom stereocenters. The minimum atomic E-state index is -0.526. The molecule has 0 spiro atoms. The second kappa shape index (κ2) is 5.39. The average Bonchev–Trinajstić information content (AvgIpc) is 2.90. The first-order valence-corrected chi connectivity index (χ1v) is 7.93. The van der Waals surface area contributed by atoms with E-state index in [1.807, 2.05) is 31.4 Å². The molecule has 0 saturated heterocycles. The summed E-state index contributed by atoms with van der Waals surface area (Å²) in [4.78, 5) is 4.51. The van der Waals surface area contributed by atoms with Crippen LogP contribution in [0.4, 0.5) is 0 Å². The van der Waals surface area contributed by atoms with E-state index < -0.39 is 5.62 Å². The van der Waals surface area contributed by atoms with Crippen LogP contribution >= 0.6 is 35.1 Å². The van der Waals surface area contributed by atoms with Crippen LogP contribution in [-0.2, 0) is 0 Å². The SMILES string of the molecule is CSN1C(Cl)=C(C)C(c2ccc3c(c2)OCO3)=NC1Cl. The fourth-order valence-corrected chi connectivity index (χ4v) is 3.51. The third-order valence-corrected chi connectivity index (χ3v) is 4.88. The van der Waals surface area contributed by atoms with Crippen molar-refractivity contribution in [2.45, 2.75) is 12.5 Å². The van der Waals surface area contributed by atoms with E-state index in [2.05, 4.69) is 4.99 Å². The van der Waals surface area contributed by atoms with Crippen molar-refractivity contribution in [1.29, 1.82) is 0 Å². The molecule has 0 fully saturated rings. The van der Waals surface area contributed by atoms with Gasteiger partial charge in [0.15, 0.2) is 11.5 Å². The maximum Gasteiger partial charge on any atom is 0.231 e. The molecule has 7 heteroatoms. The summed E-state index contributed by atoms with van der Waals surface area (Å²) in [6, 6.07) is 5.69. The van der Waals surface area contributed by atoms with E-state index in [-0.39, 0.29) is 6.79 Å². The highest BCUT2D eigenvalue weighted by atomic mass is 35.5. The van der Waals surface area contributed by atoms with Gasteiger partial charge in [-0.1, -0.05) is 23.2 Å². The van der Waals surface area contributed by atoms with Gasteiger partial charge in [0.1, 0.15) is 5.16 Å². The van der Waals surface area contributed by atoms with E-state index in [0.717, 1.165) is 22.6 Å². The van der Waals surface area contributed by atoms with Gasteiger partial charge >= 0.3 is 0 Å². The smallest absolute Gasteiger partial charge is 0.231 e. The minimum Gasteiger partial charge on any atom is -0.454 e. The minimum absolute atomic E-state index is 0.249. The summed E-state index contributed by atoms with van der Waals surface area (Å²) in [7, 11) is 0. The Bertz CT molecular complexity index is 618. The Morgan fingerprint density at radius 1 is 1.35 bits per heavy atom. The van der Waals surface area contributed by atoms with Crippen LogP contribution in [0.1, 0.15) is 12.5 Å². The van der Waals surface area contributed by atoms with E-state index in [0.29, 0.717) is 10.9 Å². The summed E-state index contributed by atoms with van der Waals surface area (Å²) < 4.78 is 12.5. The normalized spacial score (nSPS) is 21.3. The Kier molecular flexibility index (Phi) is 3.75. The number of benzene rings is 1. The molecule has 0 amide bonds. The molecule has 0 saturated carbocycles. The van der Waals surface area contributed by atoms with Crippen molar-refractivity contribution in [3.8, 4) is 11.5 Å². The lowest BCUT2D eigenvalue weighted by Crippen LogP contribution is -2.28. The van der Waals surface area contributed by atoms with Crippen molar-refractivity contribution in [2.24, 2.45) is 4.99 Å². The molecule has 3 rings (SSSR count). The molecule has 2 aliphatic rings. The first-order chi connectivity index (χ1) is 9.61. The van der Waals surface area contributed by atoms with E-state index in [9.17, 15) is 0 Å². The van der Waals surface area contributed by atoms with Gasteiger partial charge in [-0.25, -0.2) is 4.99 Å². The summed E-state index contributed by atoms with van der Waals surface area (Å²) in [6.07, 6.45) is 1.91. The standard InChI is InChI=1S/C13H12Cl2N2O2S/c1-7-11(16-13(15)17(20-2)12(7)14)8-3-4-9-10(5-8)19-6-18-9/h3-5,13H,6H2,1-2H3. The zero-order chi connectivity index (χ0) is 14.3. The van der Waals surface area contributed by atoms with Gasteiger partial charge in [-0.2, -0.15) is 0 Å². The Morgan fingerprint density at radius 2 is 2.10 bits per heavy atom. The molecule has 106 valence electrons. The summed E-state index contributed by atoms with van der Waals surface area (Å²) in [6.45, 7) is 2.18. The van der Waals surface area contributed by atoms with Crippen LogP contribution in [0.3, 0.4) is 0 Å². The third kappa shape index (κ3) is 2.24. The number of hydrogen-bond donors (Lipinski definition) is 0. The summed E-state index contributed by atoms with van der Waals surface area (Å²) >= 11 is 14.0.